The second-order valence-electron chi connectivity index (χ2n) is 6.61. The minimum absolute atomic E-state index is 0.00361. The number of carbonyl (C=O) groups excluding carboxylic acids is 1. The minimum Gasteiger partial charge on any atom is -0.491 e. The zero-order valence-corrected chi connectivity index (χ0v) is 17.6. The molecule has 1 atom stereocenters. The third-order valence-electron chi connectivity index (χ3n) is 4.45. The standard InChI is InChI=1S/C20H19BrN4O5/c1-12-19(23-24-25(12)14-4-2-3-13(21)7-14)20(27)22-9-15(26)10-28-16-5-6-17-18(8-16)30-11-29-17/h2-8,15,26H,9-11H2,1H3,(H,22,27). The van der Waals surface area contributed by atoms with Crippen molar-refractivity contribution >= 4 is 21.8 Å². The number of carbonyl (C=O) groups is 1. The zero-order chi connectivity index (χ0) is 21.1. The van der Waals surface area contributed by atoms with E-state index in [-0.39, 0.29) is 25.6 Å². The van der Waals surface area contributed by atoms with Crippen molar-refractivity contribution in [3.8, 4) is 22.9 Å². The van der Waals surface area contributed by atoms with E-state index in [1.54, 1.807) is 29.8 Å². The average Bonchev–Trinajstić information content (AvgIpc) is 3.36. The number of aliphatic hydroxyl groups is 1. The van der Waals surface area contributed by atoms with Gasteiger partial charge < -0.3 is 24.6 Å². The molecular weight excluding hydrogens is 456 g/mol. The number of rotatable bonds is 7. The molecule has 1 aliphatic rings. The highest BCUT2D eigenvalue weighted by atomic mass is 79.9. The highest BCUT2D eigenvalue weighted by molar-refractivity contribution is 9.10. The summed E-state index contributed by atoms with van der Waals surface area (Å²) in [5, 5.41) is 20.8. The first-order valence-corrected chi connectivity index (χ1v) is 9.97. The lowest BCUT2D eigenvalue weighted by Crippen LogP contribution is -2.35. The normalized spacial score (nSPS) is 13.2. The summed E-state index contributed by atoms with van der Waals surface area (Å²) in [5.41, 5.74) is 1.57. The largest absolute Gasteiger partial charge is 0.491 e. The van der Waals surface area contributed by atoms with E-state index in [0.717, 1.165) is 10.2 Å². The summed E-state index contributed by atoms with van der Waals surface area (Å²) in [6.07, 6.45) is -0.903. The van der Waals surface area contributed by atoms with Crippen LogP contribution >= 0.6 is 15.9 Å². The van der Waals surface area contributed by atoms with E-state index in [1.807, 2.05) is 24.3 Å². The van der Waals surface area contributed by atoms with Crippen molar-refractivity contribution in [2.45, 2.75) is 13.0 Å². The number of amides is 1. The van der Waals surface area contributed by atoms with Gasteiger partial charge in [0.2, 0.25) is 6.79 Å². The van der Waals surface area contributed by atoms with E-state index >= 15 is 0 Å². The minimum atomic E-state index is -0.903. The molecule has 1 unspecified atom stereocenters. The van der Waals surface area contributed by atoms with Crippen molar-refractivity contribution in [3.05, 3.63) is 58.3 Å². The molecule has 0 spiro atoms. The molecule has 0 saturated heterocycles. The van der Waals surface area contributed by atoms with Crippen LogP contribution in [-0.2, 0) is 0 Å². The van der Waals surface area contributed by atoms with Crippen LogP contribution in [0.25, 0.3) is 5.69 Å². The number of halogens is 1. The van der Waals surface area contributed by atoms with Crippen LogP contribution in [0.1, 0.15) is 16.2 Å². The Kier molecular flexibility index (Phi) is 5.86. The van der Waals surface area contributed by atoms with Gasteiger partial charge in [0.1, 0.15) is 18.5 Å². The predicted molar refractivity (Wildman–Crippen MR) is 110 cm³/mol. The Morgan fingerprint density at radius 3 is 2.97 bits per heavy atom. The van der Waals surface area contributed by atoms with Gasteiger partial charge in [0.25, 0.3) is 5.91 Å². The Bertz CT molecular complexity index is 1070. The van der Waals surface area contributed by atoms with Gasteiger partial charge in [-0.15, -0.1) is 5.10 Å². The maximum absolute atomic E-state index is 12.5. The first kappa shape index (κ1) is 20.2. The van der Waals surface area contributed by atoms with Gasteiger partial charge in [0.15, 0.2) is 17.2 Å². The molecular formula is C20H19BrN4O5. The number of nitrogens with one attached hydrogen (secondary N) is 1. The molecule has 30 heavy (non-hydrogen) atoms. The molecule has 1 aliphatic heterocycles. The van der Waals surface area contributed by atoms with Gasteiger partial charge in [0.05, 0.1) is 11.4 Å². The van der Waals surface area contributed by atoms with Crippen LogP contribution in [0.5, 0.6) is 17.2 Å². The predicted octanol–water partition coefficient (Wildman–Crippen LogP) is 2.24. The molecule has 0 saturated carbocycles. The number of benzene rings is 2. The fraction of sp³-hybridized carbons (Fsp3) is 0.250. The topological polar surface area (TPSA) is 108 Å². The molecule has 9 nitrogen and oxygen atoms in total. The van der Waals surface area contributed by atoms with E-state index in [4.69, 9.17) is 14.2 Å². The molecule has 0 radical (unpaired) electrons. The first-order valence-electron chi connectivity index (χ1n) is 9.18. The SMILES string of the molecule is Cc1c(C(=O)NCC(O)COc2ccc3c(c2)OCO3)nnn1-c1cccc(Br)c1. The maximum atomic E-state index is 12.5. The van der Waals surface area contributed by atoms with Gasteiger partial charge in [0, 0.05) is 17.1 Å². The number of hydrogen-bond acceptors (Lipinski definition) is 7. The second-order valence-corrected chi connectivity index (χ2v) is 7.52. The third kappa shape index (κ3) is 4.39. The van der Waals surface area contributed by atoms with Crippen molar-refractivity contribution in [2.24, 2.45) is 0 Å². The van der Waals surface area contributed by atoms with Crippen LogP contribution in [-0.4, -0.2) is 52.1 Å². The Labute approximate surface area is 180 Å². The van der Waals surface area contributed by atoms with Gasteiger partial charge >= 0.3 is 0 Å². The molecule has 4 rings (SSSR count). The van der Waals surface area contributed by atoms with Gasteiger partial charge in [-0.2, -0.15) is 0 Å². The summed E-state index contributed by atoms with van der Waals surface area (Å²) in [6, 6.07) is 12.7. The van der Waals surface area contributed by atoms with E-state index in [1.165, 1.54) is 0 Å². The van der Waals surface area contributed by atoms with Crippen molar-refractivity contribution in [1.29, 1.82) is 0 Å². The molecule has 1 amide bonds. The summed E-state index contributed by atoms with van der Waals surface area (Å²) in [7, 11) is 0. The van der Waals surface area contributed by atoms with Crippen LogP contribution in [0.2, 0.25) is 0 Å². The van der Waals surface area contributed by atoms with Crippen LogP contribution in [0.3, 0.4) is 0 Å². The monoisotopic (exact) mass is 474 g/mol. The molecule has 2 aromatic carbocycles. The molecule has 2 N–H and O–H groups in total. The van der Waals surface area contributed by atoms with Gasteiger partial charge in [-0.25, -0.2) is 4.68 Å². The molecule has 0 aliphatic carbocycles. The highest BCUT2D eigenvalue weighted by Gasteiger charge is 2.19. The van der Waals surface area contributed by atoms with Crippen molar-refractivity contribution in [2.75, 3.05) is 19.9 Å². The molecule has 1 aromatic heterocycles. The van der Waals surface area contributed by atoms with Gasteiger partial charge in [-0.05, 0) is 37.3 Å². The lowest BCUT2D eigenvalue weighted by atomic mass is 10.2. The molecule has 10 heteroatoms. The smallest absolute Gasteiger partial charge is 0.273 e. The molecule has 2 heterocycles. The van der Waals surface area contributed by atoms with E-state index < -0.39 is 12.0 Å². The molecule has 0 fully saturated rings. The Morgan fingerprint density at radius 2 is 2.13 bits per heavy atom. The number of hydrogen-bond donors (Lipinski definition) is 2. The third-order valence-corrected chi connectivity index (χ3v) is 4.94. The maximum Gasteiger partial charge on any atom is 0.273 e. The highest BCUT2D eigenvalue weighted by Crippen LogP contribution is 2.35. The first-order chi connectivity index (χ1) is 14.5. The van der Waals surface area contributed by atoms with Crippen molar-refractivity contribution < 1.29 is 24.1 Å². The molecule has 156 valence electrons. The van der Waals surface area contributed by atoms with Crippen molar-refractivity contribution in [3.63, 3.8) is 0 Å². The van der Waals surface area contributed by atoms with Crippen molar-refractivity contribution in [1.82, 2.24) is 20.3 Å². The summed E-state index contributed by atoms with van der Waals surface area (Å²) in [4.78, 5) is 12.5. The molecule has 3 aromatic rings. The summed E-state index contributed by atoms with van der Waals surface area (Å²) < 4.78 is 18.6. The number of aromatic nitrogens is 3. The second kappa shape index (κ2) is 8.72. The van der Waals surface area contributed by atoms with Crippen LogP contribution in [0, 0.1) is 6.92 Å². The zero-order valence-electron chi connectivity index (χ0n) is 16.0. The fourth-order valence-electron chi connectivity index (χ4n) is 2.90. The number of aliphatic hydroxyl groups excluding tert-OH is 1. The quantitative estimate of drug-likeness (QED) is 0.540. The van der Waals surface area contributed by atoms with E-state index in [2.05, 4.69) is 31.6 Å². The van der Waals surface area contributed by atoms with Crippen LogP contribution in [0.15, 0.2) is 46.9 Å². The fourth-order valence-corrected chi connectivity index (χ4v) is 3.29. The summed E-state index contributed by atoms with van der Waals surface area (Å²) in [6.45, 7) is 1.95. The lowest BCUT2D eigenvalue weighted by molar-refractivity contribution is 0.0839. The van der Waals surface area contributed by atoms with Crippen LogP contribution in [0.4, 0.5) is 0 Å². The Balaban J connectivity index is 1.31. The number of nitrogens with zero attached hydrogens (tertiary/aromatic N) is 3. The van der Waals surface area contributed by atoms with E-state index in [9.17, 15) is 9.90 Å². The number of fused-ring (bicyclic) bond motifs is 1. The van der Waals surface area contributed by atoms with Crippen LogP contribution < -0.4 is 19.5 Å². The lowest BCUT2D eigenvalue weighted by Gasteiger charge is -2.13. The number of ether oxygens (including phenoxy) is 3. The Morgan fingerprint density at radius 1 is 1.30 bits per heavy atom. The summed E-state index contributed by atoms with van der Waals surface area (Å²) in [5.74, 6) is 1.37. The van der Waals surface area contributed by atoms with Gasteiger partial charge in [-0.3, -0.25) is 4.79 Å². The molecule has 0 bridgehead atoms. The van der Waals surface area contributed by atoms with Gasteiger partial charge in [-0.1, -0.05) is 27.2 Å². The average molecular weight is 475 g/mol. The Hall–Kier alpha value is -3.11. The van der Waals surface area contributed by atoms with E-state index in [0.29, 0.717) is 22.9 Å². The summed E-state index contributed by atoms with van der Waals surface area (Å²) >= 11 is 3.41.